The van der Waals surface area contributed by atoms with E-state index in [1.165, 1.54) is 9.13 Å². The van der Waals surface area contributed by atoms with Crippen molar-refractivity contribution in [2.24, 2.45) is 9.98 Å². The van der Waals surface area contributed by atoms with Crippen molar-refractivity contribution in [3.63, 3.8) is 0 Å². The van der Waals surface area contributed by atoms with Crippen molar-refractivity contribution in [1.82, 2.24) is 9.13 Å². The molecule has 0 amide bonds. The molecule has 8 nitrogen and oxygen atoms in total. The van der Waals surface area contributed by atoms with E-state index < -0.39 is 11.1 Å². The summed E-state index contributed by atoms with van der Waals surface area (Å²) in [6, 6.07) is 13.4. The SMILES string of the molecule is CC(C)c1cccc(C(C)C)c1-n1c(O)c2c3c(c4c(=O)n(-c5c(C(C)C)cccc5C(C)C)c(O)c5cc(Cl)c(c1=O)c2c54)=NCCN=3. The maximum absolute atomic E-state index is 15.0. The molecule has 0 saturated carbocycles. The number of aromatic nitrogens is 2. The molecule has 7 rings (SSSR count). The minimum atomic E-state index is -0.517. The Balaban J connectivity index is 1.78. The van der Waals surface area contributed by atoms with Crippen LogP contribution < -0.4 is 21.8 Å². The average Bonchev–Trinajstić information content (AvgIpc) is 3.05. The Kier molecular flexibility index (Phi) is 7.86. The summed E-state index contributed by atoms with van der Waals surface area (Å²) in [5.41, 5.74) is 3.84. The zero-order valence-corrected chi connectivity index (χ0v) is 29.9. The molecule has 0 unspecified atom stereocenters. The lowest BCUT2D eigenvalue weighted by atomic mass is 9.90. The molecule has 9 heteroatoms. The number of pyridine rings is 2. The van der Waals surface area contributed by atoms with Crippen LogP contribution in [0.25, 0.3) is 43.7 Å². The third kappa shape index (κ3) is 4.63. The predicted molar refractivity (Wildman–Crippen MR) is 198 cm³/mol. The lowest BCUT2D eigenvalue weighted by Crippen LogP contribution is -2.38. The molecular formula is C40H41ClN4O4. The highest BCUT2D eigenvalue weighted by molar-refractivity contribution is 6.40. The molecule has 1 aliphatic rings. The summed E-state index contributed by atoms with van der Waals surface area (Å²) >= 11 is 7.09. The van der Waals surface area contributed by atoms with Crippen molar-refractivity contribution in [3.05, 3.63) is 101 Å². The Labute approximate surface area is 289 Å². The van der Waals surface area contributed by atoms with Gasteiger partial charge in [-0.15, -0.1) is 0 Å². The number of nitrogens with zero attached hydrogens (tertiary/aromatic N) is 4. The fraction of sp³-hybridized carbons (Fsp3) is 0.350. The van der Waals surface area contributed by atoms with Crippen LogP contribution in [0.2, 0.25) is 5.02 Å². The van der Waals surface area contributed by atoms with Crippen LogP contribution in [-0.2, 0) is 0 Å². The number of benzene rings is 4. The molecular weight excluding hydrogens is 636 g/mol. The van der Waals surface area contributed by atoms with Gasteiger partial charge in [0.15, 0.2) is 0 Å². The van der Waals surface area contributed by atoms with Crippen LogP contribution in [0.3, 0.4) is 0 Å². The zero-order valence-electron chi connectivity index (χ0n) is 29.1. The Morgan fingerprint density at radius 1 is 0.592 bits per heavy atom. The Morgan fingerprint density at radius 3 is 1.45 bits per heavy atom. The molecule has 49 heavy (non-hydrogen) atoms. The van der Waals surface area contributed by atoms with E-state index in [0.29, 0.717) is 46.0 Å². The van der Waals surface area contributed by atoms with Crippen molar-refractivity contribution in [3.8, 4) is 23.1 Å². The number of hydrogen-bond donors (Lipinski definition) is 2. The fourth-order valence-electron chi connectivity index (χ4n) is 7.68. The van der Waals surface area contributed by atoms with Gasteiger partial charge in [0.25, 0.3) is 11.1 Å². The monoisotopic (exact) mass is 676 g/mol. The van der Waals surface area contributed by atoms with Gasteiger partial charge in [0, 0.05) is 16.2 Å². The van der Waals surface area contributed by atoms with Crippen LogP contribution in [0.15, 0.2) is 62.0 Å². The van der Waals surface area contributed by atoms with E-state index in [0.717, 1.165) is 22.3 Å². The van der Waals surface area contributed by atoms with Gasteiger partial charge >= 0.3 is 0 Å². The fourth-order valence-corrected chi connectivity index (χ4v) is 7.96. The Hall–Kier alpha value is -4.69. The minimum Gasteiger partial charge on any atom is -0.494 e. The highest BCUT2D eigenvalue weighted by Crippen LogP contribution is 2.43. The molecule has 0 fully saturated rings. The van der Waals surface area contributed by atoms with Gasteiger partial charge in [-0.25, -0.2) is 9.13 Å². The number of fused-ring (bicyclic) bond motifs is 3. The van der Waals surface area contributed by atoms with Crippen LogP contribution in [0.5, 0.6) is 11.8 Å². The summed E-state index contributed by atoms with van der Waals surface area (Å²) in [6.45, 7) is 17.1. The van der Waals surface area contributed by atoms with E-state index in [2.05, 4.69) is 55.4 Å². The van der Waals surface area contributed by atoms with Crippen molar-refractivity contribution < 1.29 is 10.2 Å². The van der Waals surface area contributed by atoms with Crippen LogP contribution >= 0.6 is 11.6 Å². The topological polar surface area (TPSA) is 109 Å². The molecule has 0 spiro atoms. The first kappa shape index (κ1) is 32.8. The van der Waals surface area contributed by atoms with Gasteiger partial charge in [-0.1, -0.05) is 103 Å². The van der Waals surface area contributed by atoms with Crippen molar-refractivity contribution >= 4 is 43.9 Å². The molecule has 6 aromatic rings. The molecule has 2 N–H and O–H groups in total. The second kappa shape index (κ2) is 11.7. The first-order valence-electron chi connectivity index (χ1n) is 17.1. The second-order valence-electron chi connectivity index (χ2n) is 14.4. The van der Waals surface area contributed by atoms with E-state index in [4.69, 9.17) is 21.6 Å². The van der Waals surface area contributed by atoms with E-state index in [1.807, 2.05) is 36.4 Å². The second-order valence-corrected chi connectivity index (χ2v) is 14.8. The van der Waals surface area contributed by atoms with Crippen LogP contribution in [-0.4, -0.2) is 32.4 Å². The van der Waals surface area contributed by atoms with E-state index in [-0.39, 0.29) is 62.0 Å². The quantitative estimate of drug-likeness (QED) is 0.176. The Morgan fingerprint density at radius 2 is 1.00 bits per heavy atom. The summed E-state index contributed by atoms with van der Waals surface area (Å²) < 4.78 is 2.73. The number of para-hydroxylation sites is 2. The molecule has 0 saturated heterocycles. The minimum absolute atomic E-state index is 0.0368. The molecule has 252 valence electrons. The van der Waals surface area contributed by atoms with E-state index >= 15 is 0 Å². The van der Waals surface area contributed by atoms with Crippen LogP contribution in [0.4, 0.5) is 0 Å². The largest absolute Gasteiger partial charge is 0.494 e. The van der Waals surface area contributed by atoms with Gasteiger partial charge < -0.3 is 10.2 Å². The maximum atomic E-state index is 15.0. The maximum Gasteiger partial charge on any atom is 0.268 e. The van der Waals surface area contributed by atoms with Crippen LogP contribution in [0, 0.1) is 0 Å². The third-order valence-corrected chi connectivity index (χ3v) is 10.3. The summed E-state index contributed by atoms with van der Waals surface area (Å²) in [5.74, 6) is -0.428. The number of halogens is 1. The highest BCUT2D eigenvalue weighted by atomic mass is 35.5. The molecule has 1 aliphatic heterocycles. The van der Waals surface area contributed by atoms with Gasteiger partial charge in [-0.2, -0.15) is 0 Å². The van der Waals surface area contributed by atoms with Crippen molar-refractivity contribution in [2.45, 2.75) is 79.1 Å². The van der Waals surface area contributed by atoms with Crippen molar-refractivity contribution in [1.29, 1.82) is 0 Å². The molecule has 0 aliphatic carbocycles. The van der Waals surface area contributed by atoms with Crippen LogP contribution in [0.1, 0.15) is 101 Å². The summed E-state index contributed by atoms with van der Waals surface area (Å²) in [7, 11) is 0. The number of hydrogen-bond acceptors (Lipinski definition) is 6. The van der Waals surface area contributed by atoms with Gasteiger partial charge in [0.1, 0.15) is 0 Å². The Bertz CT molecular complexity index is 2540. The molecule has 4 aromatic carbocycles. The molecule has 0 bridgehead atoms. The summed E-state index contributed by atoms with van der Waals surface area (Å²) in [4.78, 5) is 39.5. The van der Waals surface area contributed by atoms with Crippen molar-refractivity contribution in [2.75, 3.05) is 13.1 Å². The smallest absolute Gasteiger partial charge is 0.268 e. The molecule has 0 atom stereocenters. The first-order chi connectivity index (χ1) is 23.3. The predicted octanol–water partition coefficient (Wildman–Crippen LogP) is 7.70. The lowest BCUT2D eigenvalue weighted by Gasteiger charge is -2.25. The number of rotatable bonds is 6. The van der Waals surface area contributed by atoms with Gasteiger partial charge in [0.2, 0.25) is 11.8 Å². The van der Waals surface area contributed by atoms with Gasteiger partial charge in [-0.05, 0) is 52.0 Å². The summed E-state index contributed by atoms with van der Waals surface area (Å²) in [6.07, 6.45) is 0. The normalized spacial score (nSPS) is 13.4. The molecule has 3 heterocycles. The average molecular weight is 677 g/mol. The first-order valence-corrected chi connectivity index (χ1v) is 17.4. The van der Waals surface area contributed by atoms with Gasteiger partial charge in [-0.3, -0.25) is 19.6 Å². The third-order valence-electron chi connectivity index (χ3n) is 9.97. The lowest BCUT2D eigenvalue weighted by molar-refractivity contribution is 0.440. The number of aromatic hydroxyl groups is 2. The standard InChI is InChI=1S/C40H41ClN4O4/c1-18(2)22-11-9-12-23(19(3)4)35(22)44-37(46)26-17-27(41)29-30-28(26)31(39(44)48)33-34(43-16-15-42-33)32(30)40(49)45(38(29)47)36-24(20(5)6)13-10-14-25(36)21(7)8/h9-14,17-21,46,49H,15-16H2,1-8H3. The zero-order chi connectivity index (χ0) is 35.2. The van der Waals surface area contributed by atoms with E-state index in [9.17, 15) is 19.8 Å². The van der Waals surface area contributed by atoms with E-state index in [1.54, 1.807) is 6.07 Å². The molecule has 2 aromatic heterocycles. The summed E-state index contributed by atoms with van der Waals surface area (Å²) in [5, 5.41) is 26.9. The van der Waals surface area contributed by atoms with Gasteiger partial charge in [0.05, 0.1) is 56.4 Å². The highest BCUT2D eigenvalue weighted by Gasteiger charge is 2.31. The molecule has 0 radical (unpaired) electrons.